The molecular formula is C13H14N2O6S2. The first-order valence-corrected chi connectivity index (χ1v) is 8.41. The molecule has 3 heterocycles. The lowest BCUT2D eigenvalue weighted by molar-refractivity contribution is -0.328. The third kappa shape index (κ3) is 3.58. The molecule has 2 aromatic heterocycles. The van der Waals surface area contributed by atoms with Crippen molar-refractivity contribution in [3.63, 3.8) is 0 Å². The van der Waals surface area contributed by atoms with Gasteiger partial charge in [0.2, 0.25) is 12.2 Å². The molecule has 0 saturated carbocycles. The molecule has 1 aliphatic rings. The molecule has 1 saturated heterocycles. The molecule has 1 fully saturated rings. The van der Waals surface area contributed by atoms with Gasteiger partial charge in [0, 0.05) is 10.9 Å². The summed E-state index contributed by atoms with van der Waals surface area (Å²) in [7, 11) is 0. The molecule has 1 aliphatic heterocycles. The maximum atomic E-state index is 12.2. The molecule has 4 atom stereocenters. The van der Waals surface area contributed by atoms with Gasteiger partial charge in [0.1, 0.15) is 12.2 Å². The maximum Gasteiger partial charge on any atom is 0.242 e. The smallest absolute Gasteiger partial charge is 0.242 e. The van der Waals surface area contributed by atoms with Gasteiger partial charge in [-0.15, -0.1) is 0 Å². The highest BCUT2D eigenvalue weighted by Crippen LogP contribution is 2.25. The van der Waals surface area contributed by atoms with Gasteiger partial charge in [0.25, 0.3) is 0 Å². The number of ether oxygens (including phenoxy) is 2. The molecule has 8 nitrogen and oxygen atoms in total. The largest absolute Gasteiger partial charge is 0.394 e. The van der Waals surface area contributed by atoms with Gasteiger partial charge in [-0.2, -0.15) is 11.3 Å². The first-order chi connectivity index (χ1) is 11.1. The van der Waals surface area contributed by atoms with Gasteiger partial charge < -0.3 is 30.1 Å². The molecule has 0 aromatic carbocycles. The highest BCUT2D eigenvalue weighted by molar-refractivity contribution is 7.17. The third-order valence-corrected chi connectivity index (χ3v) is 4.78. The predicted octanol–water partition coefficient (Wildman–Crippen LogP) is 0.218. The topological polar surface area (TPSA) is 121 Å². The van der Waals surface area contributed by atoms with Gasteiger partial charge in [-0.05, 0) is 11.4 Å². The molecule has 10 heteroatoms. The van der Waals surface area contributed by atoms with E-state index in [0.29, 0.717) is 15.6 Å². The Morgan fingerprint density at radius 2 is 2.22 bits per heavy atom. The second-order valence-corrected chi connectivity index (χ2v) is 6.53. The number of hydrogen-bond donors (Lipinski definition) is 4. The number of hydrogen-bond acceptors (Lipinski definition) is 10. The number of nitrogens with zero attached hydrogens (tertiary/aromatic N) is 1. The fourth-order valence-corrected chi connectivity index (χ4v) is 3.38. The number of aliphatic hydroxyl groups is 3. The lowest BCUT2D eigenvalue weighted by Gasteiger charge is -2.36. The van der Waals surface area contributed by atoms with E-state index >= 15 is 0 Å². The summed E-state index contributed by atoms with van der Waals surface area (Å²) in [4.78, 5) is 16.7. The zero-order valence-electron chi connectivity index (χ0n) is 11.7. The molecule has 0 amide bonds. The monoisotopic (exact) mass is 358 g/mol. The van der Waals surface area contributed by atoms with Crippen LogP contribution < -0.4 is 5.32 Å². The fourth-order valence-electron chi connectivity index (χ4n) is 1.96. The third-order valence-electron chi connectivity index (χ3n) is 3.17. The number of thiophene rings is 1. The molecule has 23 heavy (non-hydrogen) atoms. The van der Waals surface area contributed by atoms with Crippen molar-refractivity contribution in [2.24, 2.45) is 0 Å². The van der Waals surface area contributed by atoms with E-state index in [1.54, 1.807) is 11.4 Å². The van der Waals surface area contributed by atoms with Crippen molar-refractivity contribution in [3.8, 4) is 0 Å². The predicted molar refractivity (Wildman–Crippen MR) is 82.3 cm³/mol. The van der Waals surface area contributed by atoms with E-state index in [1.165, 1.54) is 17.5 Å². The van der Waals surface area contributed by atoms with E-state index in [2.05, 4.69) is 10.3 Å². The van der Waals surface area contributed by atoms with Crippen LogP contribution in [0, 0.1) is 0 Å². The molecule has 0 spiro atoms. The molecule has 3 rings (SSSR count). The number of thiazole rings is 1. The van der Waals surface area contributed by atoms with Crippen LogP contribution in [0.2, 0.25) is 0 Å². The van der Waals surface area contributed by atoms with Crippen LogP contribution in [0.5, 0.6) is 0 Å². The van der Waals surface area contributed by atoms with E-state index in [4.69, 9.17) is 14.6 Å². The van der Waals surface area contributed by atoms with Crippen molar-refractivity contribution >= 4 is 33.6 Å². The standard InChI is InChI=1S/C13H14N2O6S2/c16-4-7-10(18)11(19)21-13(20-7)15-12-14-3-8(23-12)9(17)6-1-2-22-5-6/h1-3,5,7,10-11,13,16,18-19H,4H2,(H,14,15)/t7?,10-,11?,13+/m1/s1. The number of aliphatic hydroxyl groups excluding tert-OH is 3. The molecule has 4 N–H and O–H groups in total. The van der Waals surface area contributed by atoms with E-state index in [0.717, 1.165) is 11.3 Å². The molecule has 0 aliphatic carbocycles. The first kappa shape index (κ1) is 16.5. The summed E-state index contributed by atoms with van der Waals surface area (Å²) >= 11 is 2.54. The van der Waals surface area contributed by atoms with Crippen molar-refractivity contribution < 1.29 is 29.6 Å². The number of ketones is 1. The maximum absolute atomic E-state index is 12.2. The lowest BCUT2D eigenvalue weighted by Crippen LogP contribution is -2.53. The van der Waals surface area contributed by atoms with Crippen LogP contribution in [-0.2, 0) is 9.47 Å². The van der Waals surface area contributed by atoms with Crippen molar-refractivity contribution in [2.45, 2.75) is 24.9 Å². The number of carbonyl (C=O) groups excluding carboxylic acids is 1. The summed E-state index contributed by atoms with van der Waals surface area (Å²) in [6.07, 6.45) is -3.48. The summed E-state index contributed by atoms with van der Waals surface area (Å²) in [5.74, 6) is -0.133. The minimum absolute atomic E-state index is 0.133. The Hall–Kier alpha value is -1.40. The van der Waals surface area contributed by atoms with Crippen LogP contribution in [0.4, 0.5) is 5.13 Å². The van der Waals surface area contributed by atoms with Crippen LogP contribution >= 0.6 is 22.7 Å². The Morgan fingerprint density at radius 3 is 2.91 bits per heavy atom. The summed E-state index contributed by atoms with van der Waals surface area (Å²) < 4.78 is 10.3. The van der Waals surface area contributed by atoms with Gasteiger partial charge >= 0.3 is 0 Å². The zero-order chi connectivity index (χ0) is 16.4. The quantitative estimate of drug-likeness (QED) is 0.560. The van der Waals surface area contributed by atoms with E-state index in [1.807, 2.05) is 5.38 Å². The molecule has 2 unspecified atom stereocenters. The van der Waals surface area contributed by atoms with Gasteiger partial charge in [0.05, 0.1) is 17.7 Å². The Bertz CT molecular complexity index is 661. The highest BCUT2D eigenvalue weighted by atomic mass is 32.1. The second kappa shape index (κ2) is 7.01. The van der Waals surface area contributed by atoms with Crippen LogP contribution in [0.3, 0.4) is 0 Å². The van der Waals surface area contributed by atoms with Crippen molar-refractivity contribution in [2.75, 3.05) is 11.9 Å². The van der Waals surface area contributed by atoms with Crippen LogP contribution in [0.25, 0.3) is 0 Å². The van der Waals surface area contributed by atoms with Gasteiger partial charge in [-0.1, -0.05) is 11.3 Å². The van der Waals surface area contributed by atoms with Gasteiger partial charge in [0.15, 0.2) is 11.4 Å². The van der Waals surface area contributed by atoms with Gasteiger partial charge in [-0.3, -0.25) is 4.79 Å². The zero-order valence-corrected chi connectivity index (χ0v) is 13.3. The van der Waals surface area contributed by atoms with Crippen molar-refractivity contribution in [1.82, 2.24) is 4.98 Å². The van der Waals surface area contributed by atoms with Crippen LogP contribution in [-0.4, -0.2) is 57.6 Å². The summed E-state index contributed by atoms with van der Waals surface area (Å²) in [6.45, 7) is -0.473. The second-order valence-electron chi connectivity index (χ2n) is 4.72. The first-order valence-electron chi connectivity index (χ1n) is 6.65. The minimum atomic E-state index is -1.50. The van der Waals surface area contributed by atoms with Crippen LogP contribution in [0.1, 0.15) is 15.2 Å². The Balaban J connectivity index is 1.66. The highest BCUT2D eigenvalue weighted by Gasteiger charge is 2.37. The summed E-state index contributed by atoms with van der Waals surface area (Å²) in [5, 5.41) is 34.9. The van der Waals surface area contributed by atoms with E-state index in [-0.39, 0.29) is 5.78 Å². The van der Waals surface area contributed by atoms with E-state index < -0.39 is 31.5 Å². The van der Waals surface area contributed by atoms with Gasteiger partial charge in [-0.25, -0.2) is 4.98 Å². The number of aromatic nitrogens is 1. The Labute approximate surface area is 138 Å². The normalized spacial score (nSPS) is 27.8. The molecular weight excluding hydrogens is 344 g/mol. The number of nitrogens with one attached hydrogen (secondary N) is 1. The molecule has 0 bridgehead atoms. The van der Waals surface area contributed by atoms with Crippen molar-refractivity contribution in [3.05, 3.63) is 33.5 Å². The SMILES string of the molecule is O=C(c1ccsc1)c1cnc(N[C@@H]2OC(O)[C@H](O)C(CO)O2)s1. The number of anilines is 1. The Kier molecular flexibility index (Phi) is 5.02. The average molecular weight is 358 g/mol. The number of rotatable bonds is 5. The molecule has 0 radical (unpaired) electrons. The van der Waals surface area contributed by atoms with Crippen molar-refractivity contribution in [1.29, 1.82) is 0 Å². The average Bonchev–Trinajstić information content (AvgIpc) is 3.21. The van der Waals surface area contributed by atoms with Crippen LogP contribution in [0.15, 0.2) is 23.0 Å². The Morgan fingerprint density at radius 1 is 1.39 bits per heavy atom. The lowest BCUT2D eigenvalue weighted by atomic mass is 10.2. The van der Waals surface area contributed by atoms with E-state index in [9.17, 15) is 15.0 Å². The summed E-state index contributed by atoms with van der Waals surface area (Å²) in [6, 6.07) is 1.73. The molecule has 124 valence electrons. The number of carbonyl (C=O) groups is 1. The fraction of sp³-hybridized carbons (Fsp3) is 0.385. The molecule has 2 aromatic rings. The minimum Gasteiger partial charge on any atom is -0.394 e. The summed E-state index contributed by atoms with van der Waals surface area (Å²) in [5.41, 5.74) is 0.592.